The summed E-state index contributed by atoms with van der Waals surface area (Å²) < 4.78 is 5.07. The Balaban J connectivity index is 1.94. The van der Waals surface area contributed by atoms with Crippen molar-refractivity contribution in [2.45, 2.75) is 20.4 Å². The SMILES string of the molecule is COc1cc(CNC(=O)c2ccc(N(C)CC(C)C)nc2)ccn1. The zero-order valence-corrected chi connectivity index (χ0v) is 14.6. The lowest BCUT2D eigenvalue weighted by Gasteiger charge is -2.20. The molecule has 24 heavy (non-hydrogen) atoms. The van der Waals surface area contributed by atoms with Crippen molar-refractivity contribution in [3.05, 3.63) is 47.8 Å². The molecule has 6 heteroatoms. The van der Waals surface area contributed by atoms with Crippen molar-refractivity contribution in [2.75, 3.05) is 25.6 Å². The van der Waals surface area contributed by atoms with Crippen molar-refractivity contribution in [1.29, 1.82) is 0 Å². The number of carbonyl (C=O) groups excluding carboxylic acids is 1. The molecule has 0 aliphatic heterocycles. The van der Waals surface area contributed by atoms with Crippen LogP contribution in [0.1, 0.15) is 29.8 Å². The summed E-state index contributed by atoms with van der Waals surface area (Å²) in [6.07, 6.45) is 3.26. The van der Waals surface area contributed by atoms with Crippen LogP contribution in [0.15, 0.2) is 36.7 Å². The van der Waals surface area contributed by atoms with E-state index in [1.165, 1.54) is 0 Å². The minimum Gasteiger partial charge on any atom is -0.481 e. The number of rotatable bonds is 7. The van der Waals surface area contributed by atoms with Gasteiger partial charge >= 0.3 is 0 Å². The first-order valence-corrected chi connectivity index (χ1v) is 7.94. The van der Waals surface area contributed by atoms with E-state index in [0.717, 1.165) is 17.9 Å². The molecule has 0 aliphatic rings. The minimum atomic E-state index is -0.156. The minimum absolute atomic E-state index is 0.156. The van der Waals surface area contributed by atoms with Crippen molar-refractivity contribution >= 4 is 11.7 Å². The van der Waals surface area contributed by atoms with E-state index in [0.29, 0.717) is 23.9 Å². The van der Waals surface area contributed by atoms with Gasteiger partial charge in [0.05, 0.1) is 12.7 Å². The third-order valence-electron chi connectivity index (χ3n) is 3.50. The molecule has 0 spiro atoms. The Kier molecular flexibility index (Phi) is 6.12. The number of anilines is 1. The van der Waals surface area contributed by atoms with Crippen LogP contribution in [0.4, 0.5) is 5.82 Å². The van der Waals surface area contributed by atoms with E-state index in [9.17, 15) is 4.79 Å². The van der Waals surface area contributed by atoms with Crippen LogP contribution in [0.3, 0.4) is 0 Å². The van der Waals surface area contributed by atoms with Crippen LogP contribution in [-0.2, 0) is 6.54 Å². The number of nitrogens with zero attached hydrogens (tertiary/aromatic N) is 3. The van der Waals surface area contributed by atoms with Crippen LogP contribution in [0.25, 0.3) is 0 Å². The van der Waals surface area contributed by atoms with E-state index in [4.69, 9.17) is 4.74 Å². The molecule has 0 radical (unpaired) electrons. The molecule has 0 fully saturated rings. The molecule has 0 unspecified atom stereocenters. The summed E-state index contributed by atoms with van der Waals surface area (Å²) in [5.41, 5.74) is 1.47. The molecular weight excluding hydrogens is 304 g/mol. The summed E-state index contributed by atoms with van der Waals surface area (Å²) in [5, 5.41) is 2.87. The molecule has 0 saturated heterocycles. The largest absolute Gasteiger partial charge is 0.481 e. The molecule has 2 aromatic rings. The summed E-state index contributed by atoms with van der Waals surface area (Å²) in [5.74, 6) is 1.79. The number of amides is 1. The number of pyridine rings is 2. The van der Waals surface area contributed by atoms with Gasteiger partial charge < -0.3 is 15.0 Å². The van der Waals surface area contributed by atoms with Gasteiger partial charge in [-0.05, 0) is 29.7 Å². The summed E-state index contributed by atoms with van der Waals surface area (Å²) >= 11 is 0. The van der Waals surface area contributed by atoms with Gasteiger partial charge in [-0.25, -0.2) is 9.97 Å². The van der Waals surface area contributed by atoms with Gasteiger partial charge in [0.1, 0.15) is 5.82 Å². The maximum atomic E-state index is 12.2. The Morgan fingerprint density at radius 3 is 2.71 bits per heavy atom. The van der Waals surface area contributed by atoms with Crippen molar-refractivity contribution in [2.24, 2.45) is 5.92 Å². The second-order valence-electron chi connectivity index (χ2n) is 6.07. The van der Waals surface area contributed by atoms with E-state index in [-0.39, 0.29) is 5.91 Å². The molecule has 1 amide bonds. The van der Waals surface area contributed by atoms with Gasteiger partial charge in [-0.1, -0.05) is 13.8 Å². The number of hydrogen-bond acceptors (Lipinski definition) is 5. The third kappa shape index (κ3) is 4.94. The van der Waals surface area contributed by atoms with Gasteiger partial charge in [-0.3, -0.25) is 4.79 Å². The zero-order chi connectivity index (χ0) is 17.5. The Morgan fingerprint density at radius 2 is 2.08 bits per heavy atom. The van der Waals surface area contributed by atoms with Crippen LogP contribution < -0.4 is 15.0 Å². The number of aromatic nitrogens is 2. The van der Waals surface area contributed by atoms with Crippen molar-refractivity contribution in [1.82, 2.24) is 15.3 Å². The van der Waals surface area contributed by atoms with Gasteiger partial charge in [0.25, 0.3) is 5.91 Å². The molecule has 128 valence electrons. The summed E-state index contributed by atoms with van der Waals surface area (Å²) in [6.45, 7) is 5.65. The number of nitrogens with one attached hydrogen (secondary N) is 1. The maximum Gasteiger partial charge on any atom is 0.253 e. The summed E-state index contributed by atoms with van der Waals surface area (Å²) in [6, 6.07) is 7.29. The first kappa shape index (κ1) is 17.7. The average Bonchev–Trinajstić information content (AvgIpc) is 2.59. The number of carbonyl (C=O) groups is 1. The molecule has 0 saturated carbocycles. The molecule has 2 rings (SSSR count). The second-order valence-corrected chi connectivity index (χ2v) is 6.07. The van der Waals surface area contributed by atoms with Crippen LogP contribution >= 0.6 is 0 Å². The van der Waals surface area contributed by atoms with E-state index in [2.05, 4.69) is 34.0 Å². The fraction of sp³-hybridized carbons (Fsp3) is 0.389. The molecule has 0 aliphatic carbocycles. The third-order valence-corrected chi connectivity index (χ3v) is 3.50. The highest BCUT2D eigenvalue weighted by atomic mass is 16.5. The highest BCUT2D eigenvalue weighted by molar-refractivity contribution is 5.94. The van der Waals surface area contributed by atoms with Crippen LogP contribution in [0, 0.1) is 5.92 Å². The molecule has 0 atom stereocenters. The standard InChI is InChI=1S/C18H24N4O2/c1-13(2)12-22(3)16-6-5-15(11-20-16)18(23)21-10-14-7-8-19-17(9-14)24-4/h5-9,11,13H,10,12H2,1-4H3,(H,21,23). The molecule has 2 heterocycles. The quantitative estimate of drug-likeness (QED) is 0.846. The fourth-order valence-corrected chi connectivity index (χ4v) is 2.34. The van der Waals surface area contributed by atoms with E-state index in [1.54, 1.807) is 31.6 Å². The Labute approximate surface area is 142 Å². The summed E-state index contributed by atoms with van der Waals surface area (Å²) in [7, 11) is 3.56. The lowest BCUT2D eigenvalue weighted by molar-refractivity contribution is 0.0950. The van der Waals surface area contributed by atoms with Gasteiger partial charge in [0, 0.05) is 38.6 Å². The predicted molar refractivity (Wildman–Crippen MR) is 94.3 cm³/mol. The highest BCUT2D eigenvalue weighted by Crippen LogP contribution is 2.12. The van der Waals surface area contributed by atoms with Crippen LogP contribution in [-0.4, -0.2) is 36.6 Å². The Hall–Kier alpha value is -2.63. The second kappa shape index (κ2) is 8.29. The molecule has 0 aromatic carbocycles. The lowest BCUT2D eigenvalue weighted by Crippen LogP contribution is -2.25. The van der Waals surface area contributed by atoms with Gasteiger partial charge in [0.2, 0.25) is 5.88 Å². The molecular formula is C18H24N4O2. The monoisotopic (exact) mass is 328 g/mol. The van der Waals surface area contributed by atoms with Crippen LogP contribution in [0.2, 0.25) is 0 Å². The molecule has 2 aromatic heterocycles. The van der Waals surface area contributed by atoms with Crippen molar-refractivity contribution in [3.8, 4) is 5.88 Å². The number of hydrogen-bond donors (Lipinski definition) is 1. The zero-order valence-electron chi connectivity index (χ0n) is 14.6. The van der Waals surface area contributed by atoms with Crippen molar-refractivity contribution in [3.63, 3.8) is 0 Å². The fourth-order valence-electron chi connectivity index (χ4n) is 2.34. The average molecular weight is 328 g/mol. The highest BCUT2D eigenvalue weighted by Gasteiger charge is 2.09. The van der Waals surface area contributed by atoms with Gasteiger partial charge in [-0.2, -0.15) is 0 Å². The normalized spacial score (nSPS) is 10.5. The topological polar surface area (TPSA) is 67.3 Å². The number of ether oxygens (including phenoxy) is 1. The Morgan fingerprint density at radius 1 is 1.29 bits per heavy atom. The van der Waals surface area contributed by atoms with Gasteiger partial charge in [-0.15, -0.1) is 0 Å². The van der Waals surface area contributed by atoms with E-state index >= 15 is 0 Å². The lowest BCUT2D eigenvalue weighted by atomic mass is 10.2. The Bertz CT molecular complexity index is 671. The molecule has 1 N–H and O–H groups in total. The molecule has 6 nitrogen and oxygen atoms in total. The number of methoxy groups -OCH3 is 1. The first-order chi connectivity index (χ1) is 11.5. The maximum absolute atomic E-state index is 12.2. The van der Waals surface area contributed by atoms with Gasteiger partial charge in [0.15, 0.2) is 0 Å². The predicted octanol–water partition coefficient (Wildman–Crippen LogP) is 2.51. The van der Waals surface area contributed by atoms with E-state index in [1.807, 2.05) is 19.2 Å². The summed E-state index contributed by atoms with van der Waals surface area (Å²) in [4.78, 5) is 22.7. The molecule has 0 bridgehead atoms. The first-order valence-electron chi connectivity index (χ1n) is 7.94. The van der Waals surface area contributed by atoms with Crippen LogP contribution in [0.5, 0.6) is 5.88 Å². The smallest absolute Gasteiger partial charge is 0.253 e. The van der Waals surface area contributed by atoms with E-state index < -0.39 is 0 Å². The van der Waals surface area contributed by atoms with Crippen molar-refractivity contribution < 1.29 is 9.53 Å².